The van der Waals surface area contributed by atoms with Gasteiger partial charge in [-0.25, -0.2) is 4.39 Å². The molecule has 0 aliphatic carbocycles. The van der Waals surface area contributed by atoms with Crippen LogP contribution in [0.1, 0.15) is 15.9 Å². The Morgan fingerprint density at radius 2 is 2.14 bits per heavy atom. The molecule has 4 heteroatoms. The summed E-state index contributed by atoms with van der Waals surface area (Å²) in [6.45, 7) is 0. The summed E-state index contributed by atoms with van der Waals surface area (Å²) in [5.41, 5.74) is 5.31. The van der Waals surface area contributed by atoms with Crippen LogP contribution in [-0.2, 0) is 4.79 Å². The molecule has 2 N–H and O–H groups in total. The average Bonchev–Trinajstić information content (AvgIpc) is 2.15. The summed E-state index contributed by atoms with van der Waals surface area (Å²) in [7, 11) is 0. The van der Waals surface area contributed by atoms with E-state index in [0.717, 1.165) is 12.1 Å². The third kappa shape index (κ3) is 2.52. The first-order valence-electron chi connectivity index (χ1n) is 3.85. The quantitative estimate of drug-likeness (QED) is 0.578. The van der Waals surface area contributed by atoms with E-state index in [9.17, 15) is 14.0 Å². The van der Waals surface area contributed by atoms with Crippen molar-refractivity contribution in [3.8, 4) is 0 Å². The van der Waals surface area contributed by atoms with Gasteiger partial charge in [-0.3, -0.25) is 9.59 Å². The van der Waals surface area contributed by atoms with E-state index >= 15 is 0 Å². The summed E-state index contributed by atoms with van der Waals surface area (Å²) in [5.74, 6) is -1.21. The first kappa shape index (κ1) is 10.1. The molecule has 0 radical (unpaired) electrons. The van der Waals surface area contributed by atoms with Crippen molar-refractivity contribution in [2.75, 3.05) is 0 Å². The number of rotatable bonds is 3. The van der Waals surface area contributed by atoms with Crippen molar-refractivity contribution in [2.45, 2.75) is 0 Å². The van der Waals surface area contributed by atoms with Crippen molar-refractivity contribution in [3.63, 3.8) is 0 Å². The summed E-state index contributed by atoms with van der Waals surface area (Å²) >= 11 is 0. The van der Waals surface area contributed by atoms with E-state index in [-0.39, 0.29) is 11.1 Å². The molecule has 3 nitrogen and oxygen atoms in total. The summed E-state index contributed by atoms with van der Waals surface area (Å²) < 4.78 is 13.1. The number of carbonyl (C=O) groups excluding carboxylic acids is 2. The SMILES string of the molecule is NC(=O)C=Cc1ccc(C=O)cc1F. The van der Waals surface area contributed by atoms with Crippen LogP contribution in [0.4, 0.5) is 4.39 Å². The minimum absolute atomic E-state index is 0.217. The van der Waals surface area contributed by atoms with Gasteiger partial charge in [0.2, 0.25) is 5.91 Å². The second kappa shape index (κ2) is 4.32. The summed E-state index contributed by atoms with van der Waals surface area (Å²) in [4.78, 5) is 20.6. The van der Waals surface area contributed by atoms with Crippen LogP contribution in [0.3, 0.4) is 0 Å². The Labute approximate surface area is 80.0 Å². The standard InChI is InChI=1S/C10H8FNO2/c11-9-5-7(6-13)1-2-8(9)3-4-10(12)14/h1-6H,(H2,12,14). The topological polar surface area (TPSA) is 60.2 Å². The monoisotopic (exact) mass is 193 g/mol. The normalized spacial score (nSPS) is 10.4. The van der Waals surface area contributed by atoms with Gasteiger partial charge in [-0.15, -0.1) is 0 Å². The largest absolute Gasteiger partial charge is 0.366 e. The van der Waals surface area contributed by atoms with Gasteiger partial charge in [0, 0.05) is 17.2 Å². The molecule has 0 atom stereocenters. The fourth-order valence-corrected chi connectivity index (χ4v) is 0.924. The highest BCUT2D eigenvalue weighted by Gasteiger charge is 1.99. The maximum Gasteiger partial charge on any atom is 0.241 e. The van der Waals surface area contributed by atoms with Crippen molar-refractivity contribution in [1.82, 2.24) is 0 Å². The second-order valence-electron chi connectivity index (χ2n) is 2.63. The third-order valence-corrected chi connectivity index (χ3v) is 1.59. The second-order valence-corrected chi connectivity index (χ2v) is 2.63. The molecule has 0 saturated heterocycles. The van der Waals surface area contributed by atoms with Gasteiger partial charge in [0.05, 0.1) is 0 Å². The number of aldehydes is 1. The van der Waals surface area contributed by atoms with Crippen molar-refractivity contribution in [1.29, 1.82) is 0 Å². The molecular weight excluding hydrogens is 185 g/mol. The molecule has 1 rings (SSSR count). The van der Waals surface area contributed by atoms with Gasteiger partial charge in [0.15, 0.2) is 0 Å². The maximum atomic E-state index is 13.1. The minimum Gasteiger partial charge on any atom is -0.366 e. The number of amides is 1. The van der Waals surface area contributed by atoms with Gasteiger partial charge < -0.3 is 5.73 Å². The highest BCUT2D eigenvalue weighted by Crippen LogP contribution is 2.10. The highest BCUT2D eigenvalue weighted by molar-refractivity contribution is 5.90. The van der Waals surface area contributed by atoms with Crippen molar-refractivity contribution >= 4 is 18.3 Å². The molecular formula is C10H8FNO2. The zero-order valence-electron chi connectivity index (χ0n) is 7.24. The van der Waals surface area contributed by atoms with Crippen molar-refractivity contribution in [3.05, 3.63) is 41.2 Å². The Hall–Kier alpha value is -1.97. The summed E-state index contributed by atoms with van der Waals surface area (Å²) in [6.07, 6.45) is 2.86. The number of hydrogen-bond acceptors (Lipinski definition) is 2. The van der Waals surface area contributed by atoms with Crippen molar-refractivity contribution in [2.24, 2.45) is 5.73 Å². The minimum atomic E-state index is -0.649. The van der Waals surface area contributed by atoms with Gasteiger partial charge in [-0.05, 0) is 12.1 Å². The number of halogens is 1. The van der Waals surface area contributed by atoms with E-state index in [2.05, 4.69) is 0 Å². The molecule has 72 valence electrons. The molecule has 0 bridgehead atoms. The van der Waals surface area contributed by atoms with Crippen LogP contribution in [0, 0.1) is 5.82 Å². The highest BCUT2D eigenvalue weighted by atomic mass is 19.1. The number of benzene rings is 1. The Morgan fingerprint density at radius 1 is 1.43 bits per heavy atom. The Morgan fingerprint density at radius 3 is 2.64 bits per heavy atom. The molecule has 0 aromatic heterocycles. The van der Waals surface area contributed by atoms with E-state index in [1.165, 1.54) is 18.2 Å². The van der Waals surface area contributed by atoms with E-state index in [1.54, 1.807) is 0 Å². The zero-order chi connectivity index (χ0) is 10.6. The van der Waals surface area contributed by atoms with Crippen LogP contribution in [-0.4, -0.2) is 12.2 Å². The molecule has 0 unspecified atom stereocenters. The van der Waals surface area contributed by atoms with Crippen LogP contribution < -0.4 is 5.73 Å². The average molecular weight is 193 g/mol. The van der Waals surface area contributed by atoms with Crippen LogP contribution in [0.15, 0.2) is 24.3 Å². The van der Waals surface area contributed by atoms with E-state index in [1.807, 2.05) is 0 Å². The van der Waals surface area contributed by atoms with Gasteiger partial charge in [0.25, 0.3) is 0 Å². The molecule has 1 aromatic rings. The van der Waals surface area contributed by atoms with E-state index in [0.29, 0.717) is 6.29 Å². The lowest BCUT2D eigenvalue weighted by Crippen LogP contribution is -2.05. The zero-order valence-corrected chi connectivity index (χ0v) is 7.24. The fraction of sp³-hybridized carbons (Fsp3) is 0. The van der Waals surface area contributed by atoms with E-state index < -0.39 is 11.7 Å². The first-order chi connectivity index (χ1) is 6.63. The molecule has 0 aliphatic rings. The smallest absolute Gasteiger partial charge is 0.241 e. The predicted octanol–water partition coefficient (Wildman–Crippen LogP) is 1.14. The first-order valence-corrected chi connectivity index (χ1v) is 3.85. The molecule has 0 aliphatic heterocycles. The van der Waals surface area contributed by atoms with Gasteiger partial charge in [-0.2, -0.15) is 0 Å². The lowest BCUT2D eigenvalue weighted by molar-refractivity contribution is -0.113. The number of primary amides is 1. The lowest BCUT2D eigenvalue weighted by atomic mass is 10.1. The maximum absolute atomic E-state index is 13.1. The van der Waals surface area contributed by atoms with Gasteiger partial charge in [0.1, 0.15) is 12.1 Å². The molecule has 14 heavy (non-hydrogen) atoms. The summed E-state index contributed by atoms with van der Waals surface area (Å²) in [5, 5.41) is 0. The molecule has 0 saturated carbocycles. The van der Waals surface area contributed by atoms with Crippen LogP contribution in [0.2, 0.25) is 0 Å². The molecule has 1 aromatic carbocycles. The molecule has 0 spiro atoms. The Bertz CT molecular complexity index is 399. The number of hydrogen-bond donors (Lipinski definition) is 1. The van der Waals surface area contributed by atoms with Crippen LogP contribution >= 0.6 is 0 Å². The predicted molar refractivity (Wildman–Crippen MR) is 50.0 cm³/mol. The van der Waals surface area contributed by atoms with Crippen LogP contribution in [0.5, 0.6) is 0 Å². The van der Waals surface area contributed by atoms with Gasteiger partial charge in [-0.1, -0.05) is 12.1 Å². The van der Waals surface area contributed by atoms with Crippen molar-refractivity contribution < 1.29 is 14.0 Å². The fourth-order valence-electron chi connectivity index (χ4n) is 0.924. The Balaban J connectivity index is 3.00. The number of carbonyl (C=O) groups is 2. The van der Waals surface area contributed by atoms with Crippen LogP contribution in [0.25, 0.3) is 6.08 Å². The molecule has 1 amide bonds. The third-order valence-electron chi connectivity index (χ3n) is 1.59. The number of nitrogens with two attached hydrogens (primary N) is 1. The van der Waals surface area contributed by atoms with Gasteiger partial charge >= 0.3 is 0 Å². The molecule has 0 fully saturated rings. The lowest BCUT2D eigenvalue weighted by Gasteiger charge is -1.96. The molecule has 0 heterocycles. The Kier molecular flexibility index (Phi) is 3.12. The van der Waals surface area contributed by atoms with E-state index in [4.69, 9.17) is 5.73 Å². The summed E-state index contributed by atoms with van der Waals surface area (Å²) in [6, 6.07) is 3.95.